The van der Waals surface area contributed by atoms with Gasteiger partial charge in [-0.3, -0.25) is 4.79 Å². The highest BCUT2D eigenvalue weighted by atomic mass is 35.5. The molecule has 1 amide bonds. The van der Waals surface area contributed by atoms with Crippen LogP contribution >= 0.6 is 11.6 Å². The molecule has 2 aromatic carbocycles. The van der Waals surface area contributed by atoms with Crippen LogP contribution in [0.25, 0.3) is 0 Å². The number of nitriles is 1. The van der Waals surface area contributed by atoms with Gasteiger partial charge >= 0.3 is 6.18 Å². The van der Waals surface area contributed by atoms with E-state index >= 15 is 0 Å². The number of alkyl halides is 3. The van der Waals surface area contributed by atoms with E-state index in [9.17, 15) is 23.2 Å². The van der Waals surface area contributed by atoms with E-state index in [1.54, 1.807) is 29.2 Å². The second kappa shape index (κ2) is 9.83. The Bertz CT molecular complexity index is 1020. The number of nitrogens with zero attached hydrogens (tertiary/aromatic N) is 3. The van der Waals surface area contributed by atoms with Gasteiger partial charge in [0.2, 0.25) is 5.91 Å². The van der Waals surface area contributed by atoms with Crippen LogP contribution in [0.2, 0.25) is 5.02 Å². The second-order valence-corrected chi connectivity index (χ2v) is 8.50. The van der Waals surface area contributed by atoms with Crippen molar-refractivity contribution >= 4 is 23.2 Å². The molecule has 0 spiro atoms. The Hall–Kier alpha value is -2.72. The average molecular weight is 464 g/mol. The van der Waals surface area contributed by atoms with Gasteiger partial charge < -0.3 is 9.80 Å². The Labute approximate surface area is 191 Å². The number of hydrogen-bond donors (Lipinski definition) is 0. The van der Waals surface area contributed by atoms with Gasteiger partial charge in [0.15, 0.2) is 0 Å². The van der Waals surface area contributed by atoms with Crippen LogP contribution in [-0.2, 0) is 17.5 Å². The fraction of sp³-hybridized carbons (Fsp3) is 0.417. The topological polar surface area (TPSA) is 47.3 Å². The Morgan fingerprint density at radius 1 is 1.31 bits per heavy atom. The van der Waals surface area contributed by atoms with Crippen molar-refractivity contribution in [1.82, 2.24) is 4.90 Å². The molecule has 32 heavy (non-hydrogen) atoms. The monoisotopic (exact) mass is 463 g/mol. The fourth-order valence-electron chi connectivity index (χ4n) is 4.01. The fourth-order valence-corrected chi connectivity index (χ4v) is 4.22. The summed E-state index contributed by atoms with van der Waals surface area (Å²) in [6, 6.07) is 12.2. The highest BCUT2D eigenvalue weighted by Gasteiger charge is 2.36. The van der Waals surface area contributed by atoms with Crippen molar-refractivity contribution in [3.05, 3.63) is 64.2 Å². The SMILES string of the molecule is CCC(C)C(=O)N1CC[C@H](N(Cc2ccccc2C(F)(F)F)c2ccc(C#N)c(Cl)c2)C1. The molecule has 1 aliphatic heterocycles. The maximum Gasteiger partial charge on any atom is 0.416 e. The Morgan fingerprint density at radius 2 is 2.03 bits per heavy atom. The lowest BCUT2D eigenvalue weighted by Crippen LogP contribution is -2.40. The molecule has 2 atom stereocenters. The van der Waals surface area contributed by atoms with E-state index in [0.717, 1.165) is 12.5 Å². The summed E-state index contributed by atoms with van der Waals surface area (Å²) in [4.78, 5) is 16.3. The summed E-state index contributed by atoms with van der Waals surface area (Å²) in [7, 11) is 0. The summed E-state index contributed by atoms with van der Waals surface area (Å²) in [6.07, 6.45) is -3.11. The molecule has 1 fully saturated rings. The Kier molecular flexibility index (Phi) is 7.35. The van der Waals surface area contributed by atoms with Crippen molar-refractivity contribution in [2.75, 3.05) is 18.0 Å². The summed E-state index contributed by atoms with van der Waals surface area (Å²) >= 11 is 6.23. The van der Waals surface area contributed by atoms with Crippen LogP contribution < -0.4 is 4.90 Å². The molecular formula is C24H25ClF3N3O. The van der Waals surface area contributed by atoms with Gasteiger partial charge in [-0.15, -0.1) is 0 Å². The molecule has 1 heterocycles. The van der Waals surface area contributed by atoms with Crippen molar-refractivity contribution in [2.24, 2.45) is 5.92 Å². The first kappa shape index (κ1) is 23.9. The molecule has 8 heteroatoms. The van der Waals surface area contributed by atoms with Gasteiger partial charge in [0, 0.05) is 37.3 Å². The van der Waals surface area contributed by atoms with Gasteiger partial charge in [0.25, 0.3) is 0 Å². The number of amides is 1. The van der Waals surface area contributed by atoms with Crippen molar-refractivity contribution in [2.45, 2.75) is 45.5 Å². The third-order valence-corrected chi connectivity index (χ3v) is 6.33. The number of benzene rings is 2. The van der Waals surface area contributed by atoms with Gasteiger partial charge in [-0.05, 0) is 42.7 Å². The molecule has 0 aromatic heterocycles. The van der Waals surface area contributed by atoms with E-state index in [4.69, 9.17) is 11.6 Å². The third kappa shape index (κ3) is 5.18. The quantitative estimate of drug-likeness (QED) is 0.537. The molecule has 1 aliphatic rings. The summed E-state index contributed by atoms with van der Waals surface area (Å²) < 4.78 is 40.8. The van der Waals surface area contributed by atoms with Crippen molar-refractivity contribution in [1.29, 1.82) is 5.26 Å². The Morgan fingerprint density at radius 3 is 2.66 bits per heavy atom. The van der Waals surface area contributed by atoms with Gasteiger partial charge in [-0.25, -0.2) is 0 Å². The predicted molar refractivity (Wildman–Crippen MR) is 118 cm³/mol. The molecule has 170 valence electrons. The minimum Gasteiger partial charge on any atom is -0.362 e. The molecule has 0 radical (unpaired) electrons. The van der Waals surface area contributed by atoms with Crippen LogP contribution in [0.5, 0.6) is 0 Å². The van der Waals surface area contributed by atoms with E-state index in [0.29, 0.717) is 30.8 Å². The average Bonchev–Trinajstić information content (AvgIpc) is 3.25. The minimum absolute atomic E-state index is 0.00788. The van der Waals surface area contributed by atoms with E-state index in [1.807, 2.05) is 24.8 Å². The lowest BCUT2D eigenvalue weighted by Gasteiger charge is -2.32. The number of anilines is 1. The number of carbonyl (C=O) groups excluding carboxylic acids is 1. The molecular weight excluding hydrogens is 439 g/mol. The molecule has 3 rings (SSSR count). The van der Waals surface area contributed by atoms with Gasteiger partial charge in [-0.1, -0.05) is 43.6 Å². The number of rotatable bonds is 6. The van der Waals surface area contributed by atoms with Crippen LogP contribution in [0.4, 0.5) is 18.9 Å². The zero-order valence-corrected chi connectivity index (χ0v) is 18.7. The molecule has 0 saturated carbocycles. The van der Waals surface area contributed by atoms with Gasteiger partial charge in [0.1, 0.15) is 6.07 Å². The second-order valence-electron chi connectivity index (χ2n) is 8.09. The van der Waals surface area contributed by atoms with E-state index in [-0.39, 0.29) is 35.0 Å². The third-order valence-electron chi connectivity index (χ3n) is 6.02. The van der Waals surface area contributed by atoms with Gasteiger partial charge in [-0.2, -0.15) is 18.4 Å². The summed E-state index contributed by atoms with van der Waals surface area (Å²) in [5.74, 6) is -0.0407. The number of carbonyl (C=O) groups is 1. The molecule has 0 N–H and O–H groups in total. The van der Waals surface area contributed by atoms with Crippen molar-refractivity contribution in [3.63, 3.8) is 0 Å². The zero-order valence-electron chi connectivity index (χ0n) is 18.0. The highest BCUT2D eigenvalue weighted by Crippen LogP contribution is 2.35. The maximum atomic E-state index is 13.6. The molecule has 1 unspecified atom stereocenters. The van der Waals surface area contributed by atoms with E-state index in [1.165, 1.54) is 12.1 Å². The van der Waals surface area contributed by atoms with E-state index in [2.05, 4.69) is 0 Å². The molecule has 0 aliphatic carbocycles. The first-order valence-electron chi connectivity index (χ1n) is 10.6. The van der Waals surface area contributed by atoms with Crippen LogP contribution in [-0.4, -0.2) is 29.9 Å². The lowest BCUT2D eigenvalue weighted by molar-refractivity contribution is -0.138. The predicted octanol–water partition coefficient (Wildman–Crippen LogP) is 5.88. The van der Waals surface area contributed by atoms with Crippen molar-refractivity contribution in [3.8, 4) is 6.07 Å². The largest absolute Gasteiger partial charge is 0.416 e. The van der Waals surface area contributed by atoms with E-state index < -0.39 is 11.7 Å². The maximum absolute atomic E-state index is 13.6. The minimum atomic E-state index is -4.47. The van der Waals surface area contributed by atoms with Crippen LogP contribution in [0.1, 0.15) is 43.4 Å². The lowest BCUT2D eigenvalue weighted by atomic mass is 10.0. The summed E-state index contributed by atoms with van der Waals surface area (Å²) in [5.41, 5.74) is 0.377. The molecule has 4 nitrogen and oxygen atoms in total. The first-order chi connectivity index (χ1) is 15.2. The van der Waals surface area contributed by atoms with Crippen LogP contribution in [0, 0.1) is 17.2 Å². The Balaban J connectivity index is 1.96. The first-order valence-corrected chi connectivity index (χ1v) is 10.9. The number of hydrogen-bond acceptors (Lipinski definition) is 3. The zero-order chi connectivity index (χ0) is 23.5. The molecule has 1 saturated heterocycles. The molecule has 0 bridgehead atoms. The standard InChI is InChI=1S/C24H25ClF3N3O/c1-3-16(2)23(32)30-11-10-20(15-30)31(19-9-8-17(13-29)22(25)12-19)14-18-6-4-5-7-21(18)24(26,27)28/h4-9,12,16,20H,3,10-11,14-15H2,1-2H3/t16?,20-/m0/s1. The molecule has 2 aromatic rings. The normalized spacial score (nSPS) is 17.2. The van der Waals surface area contributed by atoms with Gasteiger partial charge in [0.05, 0.1) is 16.1 Å². The smallest absolute Gasteiger partial charge is 0.362 e. The highest BCUT2D eigenvalue weighted by molar-refractivity contribution is 6.32. The van der Waals surface area contributed by atoms with Crippen LogP contribution in [0.15, 0.2) is 42.5 Å². The van der Waals surface area contributed by atoms with Crippen LogP contribution in [0.3, 0.4) is 0 Å². The number of likely N-dealkylation sites (tertiary alicyclic amines) is 1. The number of halogens is 4. The summed E-state index contributed by atoms with van der Waals surface area (Å²) in [5, 5.41) is 9.41. The summed E-state index contributed by atoms with van der Waals surface area (Å²) in [6.45, 7) is 4.82. The van der Waals surface area contributed by atoms with Crippen molar-refractivity contribution < 1.29 is 18.0 Å².